The average molecular weight is 381 g/mol. The molecule has 0 aromatic heterocycles. The highest BCUT2D eigenvalue weighted by Gasteiger charge is 2.19. The molecule has 7 heteroatoms. The van der Waals surface area contributed by atoms with Gasteiger partial charge in [0.05, 0.1) is 4.90 Å². The van der Waals surface area contributed by atoms with Gasteiger partial charge in [-0.15, -0.1) is 11.8 Å². The summed E-state index contributed by atoms with van der Waals surface area (Å²) in [5, 5.41) is 0. The maximum absolute atomic E-state index is 12.4. The van der Waals surface area contributed by atoms with Gasteiger partial charge in [-0.05, 0) is 62.8 Å². The van der Waals surface area contributed by atoms with E-state index in [2.05, 4.69) is 0 Å². The lowest BCUT2D eigenvalue weighted by Crippen LogP contribution is -2.22. The fourth-order valence-electron chi connectivity index (χ4n) is 2.26. The molecule has 0 aliphatic carbocycles. The molecule has 0 fully saturated rings. The Morgan fingerprint density at radius 2 is 1.64 bits per heavy atom. The minimum atomic E-state index is -3.48. The third-order valence-corrected chi connectivity index (χ3v) is 6.14. The first-order valence-electron chi connectivity index (χ1n) is 7.76. The molecule has 2 rings (SSSR count). The molecule has 2 aromatic rings. The van der Waals surface area contributed by atoms with Gasteiger partial charge in [0, 0.05) is 31.1 Å². The molecule has 0 unspecified atom stereocenters. The average Bonchev–Trinajstić information content (AvgIpc) is 2.56. The van der Waals surface area contributed by atoms with Gasteiger partial charge in [0.2, 0.25) is 10.0 Å². The second-order valence-electron chi connectivity index (χ2n) is 6.07. The summed E-state index contributed by atoms with van der Waals surface area (Å²) in [5.41, 5.74) is 0.821. The molecular weight excluding hydrogens is 356 g/mol. The minimum absolute atomic E-state index is 0.263. The van der Waals surface area contributed by atoms with E-state index < -0.39 is 10.0 Å². The van der Waals surface area contributed by atoms with Crippen molar-refractivity contribution in [3.8, 4) is 11.5 Å². The number of ether oxygens (including phenoxy) is 1. The molecule has 0 N–H and O–H groups in total. The molecule has 0 atom stereocenters. The molecule has 0 bridgehead atoms. The first-order chi connectivity index (χ1) is 11.7. The quantitative estimate of drug-likeness (QED) is 0.688. The predicted molar refractivity (Wildman–Crippen MR) is 103 cm³/mol. The Kier molecular flexibility index (Phi) is 6.51. The van der Waals surface area contributed by atoms with Gasteiger partial charge in [-0.3, -0.25) is 0 Å². The fourth-order valence-corrected chi connectivity index (χ4v) is 3.62. The third kappa shape index (κ3) is 4.98. The summed E-state index contributed by atoms with van der Waals surface area (Å²) in [5.74, 6) is 1.38. The van der Waals surface area contributed by atoms with Crippen LogP contribution in [0.15, 0.2) is 52.3 Å². The van der Waals surface area contributed by atoms with Crippen LogP contribution in [0, 0.1) is 0 Å². The highest BCUT2D eigenvalue weighted by atomic mass is 32.2. The van der Waals surface area contributed by atoms with Crippen LogP contribution in [0.1, 0.15) is 5.56 Å². The molecule has 0 saturated heterocycles. The lowest BCUT2D eigenvalue weighted by Gasteiger charge is -2.18. The number of rotatable bonds is 7. The number of hydrogen-bond donors (Lipinski definition) is 0. The normalized spacial score (nSPS) is 12.0. The largest absolute Gasteiger partial charge is 0.457 e. The second-order valence-corrected chi connectivity index (χ2v) is 9.10. The Morgan fingerprint density at radius 1 is 1.00 bits per heavy atom. The standard InChI is InChI=1S/C18H24N2O3S2/c1-19(2)13-14-12-17(25(21,22)20(3)4)10-11-18(14)23-15-6-8-16(24-5)9-7-15/h6-12H,13H2,1-5H3. The van der Waals surface area contributed by atoms with Gasteiger partial charge in [-0.2, -0.15) is 0 Å². The number of nitrogens with zero attached hydrogens (tertiary/aromatic N) is 2. The Hall–Kier alpha value is -1.54. The van der Waals surface area contributed by atoms with E-state index in [1.165, 1.54) is 18.4 Å². The van der Waals surface area contributed by atoms with Gasteiger partial charge in [-0.1, -0.05) is 0 Å². The van der Waals surface area contributed by atoms with Gasteiger partial charge in [-0.25, -0.2) is 12.7 Å². The van der Waals surface area contributed by atoms with Gasteiger partial charge in [0.1, 0.15) is 11.5 Å². The van der Waals surface area contributed by atoms with E-state index in [0.29, 0.717) is 12.3 Å². The Labute approximate surface area is 154 Å². The molecule has 0 amide bonds. The molecule has 0 saturated carbocycles. The van der Waals surface area contributed by atoms with Crippen LogP contribution in [0.2, 0.25) is 0 Å². The van der Waals surface area contributed by atoms with Crippen molar-refractivity contribution >= 4 is 21.8 Å². The van der Waals surface area contributed by atoms with Crippen LogP contribution in [0.3, 0.4) is 0 Å². The zero-order chi connectivity index (χ0) is 18.6. The summed E-state index contributed by atoms with van der Waals surface area (Å²) >= 11 is 1.67. The van der Waals surface area contributed by atoms with Crippen LogP contribution in [0.25, 0.3) is 0 Å². The lowest BCUT2D eigenvalue weighted by molar-refractivity contribution is 0.388. The van der Waals surface area contributed by atoms with Crippen LogP contribution in [0.5, 0.6) is 11.5 Å². The number of benzene rings is 2. The number of sulfonamides is 1. The molecule has 136 valence electrons. The maximum Gasteiger partial charge on any atom is 0.242 e. The Balaban J connectivity index is 2.39. The van der Waals surface area contributed by atoms with Gasteiger partial charge < -0.3 is 9.64 Å². The lowest BCUT2D eigenvalue weighted by atomic mass is 10.2. The van der Waals surface area contributed by atoms with Gasteiger partial charge >= 0.3 is 0 Å². The maximum atomic E-state index is 12.4. The van der Waals surface area contributed by atoms with E-state index in [1.54, 1.807) is 30.0 Å². The zero-order valence-corrected chi connectivity index (χ0v) is 16.8. The minimum Gasteiger partial charge on any atom is -0.457 e. The van der Waals surface area contributed by atoms with Crippen LogP contribution < -0.4 is 4.74 Å². The molecule has 2 aromatic carbocycles. The zero-order valence-electron chi connectivity index (χ0n) is 15.2. The molecule has 0 spiro atoms. The van der Waals surface area contributed by atoms with E-state index in [-0.39, 0.29) is 4.90 Å². The number of hydrogen-bond acceptors (Lipinski definition) is 5. The van der Waals surface area contributed by atoms with Crippen molar-refractivity contribution in [1.82, 2.24) is 9.21 Å². The van der Waals surface area contributed by atoms with Crippen LogP contribution in [-0.4, -0.2) is 52.1 Å². The summed E-state index contributed by atoms with van der Waals surface area (Å²) in [6.45, 7) is 0.578. The van der Waals surface area contributed by atoms with Crippen molar-refractivity contribution in [2.75, 3.05) is 34.4 Å². The highest BCUT2D eigenvalue weighted by Crippen LogP contribution is 2.30. The topological polar surface area (TPSA) is 49.9 Å². The van der Waals surface area contributed by atoms with E-state index in [1.807, 2.05) is 49.5 Å². The smallest absolute Gasteiger partial charge is 0.242 e. The second kappa shape index (κ2) is 8.23. The first-order valence-corrected chi connectivity index (χ1v) is 10.4. The van der Waals surface area contributed by atoms with Gasteiger partial charge in [0.25, 0.3) is 0 Å². The van der Waals surface area contributed by atoms with Gasteiger partial charge in [0.15, 0.2) is 0 Å². The number of thioether (sulfide) groups is 1. The van der Waals surface area contributed by atoms with E-state index in [0.717, 1.165) is 16.2 Å². The molecule has 0 aliphatic rings. The van der Waals surface area contributed by atoms with Crippen molar-refractivity contribution in [3.05, 3.63) is 48.0 Å². The molecule has 5 nitrogen and oxygen atoms in total. The van der Waals surface area contributed by atoms with E-state index in [9.17, 15) is 8.42 Å². The van der Waals surface area contributed by atoms with Crippen LogP contribution in [0.4, 0.5) is 0 Å². The highest BCUT2D eigenvalue weighted by molar-refractivity contribution is 7.98. The molecule has 0 heterocycles. The van der Waals surface area contributed by atoms with E-state index in [4.69, 9.17) is 4.74 Å². The van der Waals surface area contributed by atoms with Crippen LogP contribution in [-0.2, 0) is 16.6 Å². The Bertz CT molecular complexity index is 817. The van der Waals surface area contributed by atoms with Crippen LogP contribution >= 0.6 is 11.8 Å². The molecule has 25 heavy (non-hydrogen) atoms. The SMILES string of the molecule is CSc1ccc(Oc2ccc(S(=O)(=O)N(C)C)cc2CN(C)C)cc1. The summed E-state index contributed by atoms with van der Waals surface area (Å²) in [6, 6.07) is 12.8. The van der Waals surface area contributed by atoms with E-state index >= 15 is 0 Å². The van der Waals surface area contributed by atoms with Crippen molar-refractivity contribution in [2.24, 2.45) is 0 Å². The van der Waals surface area contributed by atoms with Crippen molar-refractivity contribution < 1.29 is 13.2 Å². The molecular formula is C18H24N2O3S2. The predicted octanol–water partition coefficient (Wildman–Crippen LogP) is 3.51. The molecule has 0 aliphatic heterocycles. The van der Waals surface area contributed by atoms with Crippen molar-refractivity contribution in [1.29, 1.82) is 0 Å². The first kappa shape index (κ1) is 19.8. The van der Waals surface area contributed by atoms with Crippen molar-refractivity contribution in [3.63, 3.8) is 0 Å². The van der Waals surface area contributed by atoms with Crippen molar-refractivity contribution in [2.45, 2.75) is 16.3 Å². The molecule has 0 radical (unpaired) electrons. The summed E-state index contributed by atoms with van der Waals surface area (Å²) < 4.78 is 32.0. The summed E-state index contributed by atoms with van der Waals surface area (Å²) in [6.07, 6.45) is 2.02. The third-order valence-electron chi connectivity index (χ3n) is 3.58. The fraction of sp³-hybridized carbons (Fsp3) is 0.333. The Morgan fingerprint density at radius 3 is 2.16 bits per heavy atom. The summed E-state index contributed by atoms with van der Waals surface area (Å²) in [4.78, 5) is 3.40. The summed E-state index contributed by atoms with van der Waals surface area (Å²) in [7, 11) is 3.44. The monoisotopic (exact) mass is 380 g/mol.